The van der Waals surface area contributed by atoms with Crippen LogP contribution in [0.1, 0.15) is 21.8 Å². The van der Waals surface area contributed by atoms with Crippen molar-refractivity contribution in [1.82, 2.24) is 10.4 Å². The van der Waals surface area contributed by atoms with Crippen LogP contribution in [0.3, 0.4) is 0 Å². The number of hydrazine groups is 1. The number of Topliss-reactive ketones (excluding diaryl/α,β-unsaturated/α-hetero) is 1. The number of morpholine rings is 1. The van der Waals surface area contributed by atoms with Crippen LogP contribution in [-0.4, -0.2) is 53.9 Å². The molecule has 0 radical (unpaired) electrons. The first-order chi connectivity index (χ1) is 15.7. The molecule has 1 saturated carbocycles. The van der Waals surface area contributed by atoms with Gasteiger partial charge in [0.15, 0.2) is 5.78 Å². The molecule has 176 valence electrons. The van der Waals surface area contributed by atoms with E-state index in [-0.39, 0.29) is 18.2 Å². The Bertz CT molecular complexity index is 1050. The second-order valence-corrected chi connectivity index (χ2v) is 10.6. The molecule has 33 heavy (non-hydrogen) atoms. The maximum absolute atomic E-state index is 12.9. The Morgan fingerprint density at radius 2 is 1.70 bits per heavy atom. The molecule has 0 spiro atoms. The van der Waals surface area contributed by atoms with Crippen LogP contribution in [0.25, 0.3) is 0 Å². The summed E-state index contributed by atoms with van der Waals surface area (Å²) in [6, 6.07) is 9.90. The summed E-state index contributed by atoms with van der Waals surface area (Å²) in [5.41, 5.74) is 4.39. The zero-order valence-electron chi connectivity index (χ0n) is 17.2. The van der Waals surface area contributed by atoms with Crippen molar-refractivity contribution in [1.29, 1.82) is 0 Å². The SMILES string of the molecule is O=C(NN1CCOCC1)c1cc(NCC(=O)C2C(c3cc(Cl)cc(Cl)c3)C2(Cl)Cl)ccc1Cl. The lowest BCUT2D eigenvalue weighted by molar-refractivity contribution is -0.118. The van der Waals surface area contributed by atoms with E-state index in [1.54, 1.807) is 41.4 Å². The molecular weight excluding hydrogens is 532 g/mol. The first-order valence-corrected chi connectivity index (χ1v) is 12.1. The van der Waals surface area contributed by atoms with E-state index in [1.165, 1.54) is 0 Å². The standard InChI is InChI=1S/C22H20Cl5N3O3/c23-13-7-12(8-14(24)9-13)19-20(22(19,26)27)18(31)11-28-15-1-2-17(25)16(10-15)21(32)29-30-3-5-33-6-4-30/h1-2,7-10,19-20,28H,3-6,11H2,(H,29,32). The van der Waals surface area contributed by atoms with Gasteiger partial charge in [-0.25, -0.2) is 5.01 Å². The molecule has 2 N–H and O–H groups in total. The van der Waals surface area contributed by atoms with Crippen LogP contribution in [0.5, 0.6) is 0 Å². The lowest BCUT2D eigenvalue weighted by Gasteiger charge is -2.27. The molecule has 0 aromatic heterocycles. The van der Waals surface area contributed by atoms with Crippen LogP contribution in [-0.2, 0) is 9.53 Å². The van der Waals surface area contributed by atoms with Crippen molar-refractivity contribution >= 4 is 75.4 Å². The average Bonchev–Trinajstić information content (AvgIpc) is 3.35. The third-order valence-electron chi connectivity index (χ3n) is 5.59. The third-order valence-corrected chi connectivity index (χ3v) is 7.30. The van der Waals surface area contributed by atoms with E-state index in [9.17, 15) is 9.59 Å². The Kier molecular flexibility index (Phi) is 7.66. The molecule has 2 atom stereocenters. The predicted octanol–water partition coefficient (Wildman–Crippen LogP) is 5.19. The van der Waals surface area contributed by atoms with Crippen LogP contribution in [0.4, 0.5) is 5.69 Å². The van der Waals surface area contributed by atoms with Gasteiger partial charge in [-0.05, 0) is 42.0 Å². The van der Waals surface area contributed by atoms with Gasteiger partial charge in [0.1, 0.15) is 4.33 Å². The minimum absolute atomic E-state index is 0.0250. The maximum atomic E-state index is 12.9. The quantitative estimate of drug-likeness (QED) is 0.464. The van der Waals surface area contributed by atoms with Gasteiger partial charge in [-0.15, -0.1) is 23.2 Å². The number of halogens is 5. The van der Waals surface area contributed by atoms with Crippen molar-refractivity contribution in [3.05, 3.63) is 62.6 Å². The maximum Gasteiger partial charge on any atom is 0.267 e. The molecule has 6 nitrogen and oxygen atoms in total. The normalized spacial score (nSPS) is 22.0. The number of ether oxygens (including phenoxy) is 1. The largest absolute Gasteiger partial charge is 0.379 e. The number of carbonyl (C=O) groups excluding carboxylic acids is 2. The van der Waals surface area contributed by atoms with Crippen LogP contribution >= 0.6 is 58.0 Å². The summed E-state index contributed by atoms with van der Waals surface area (Å²) in [4.78, 5) is 25.5. The van der Waals surface area contributed by atoms with Crippen molar-refractivity contribution in [2.75, 3.05) is 38.2 Å². The van der Waals surface area contributed by atoms with Gasteiger partial charge in [0.05, 0.1) is 36.3 Å². The van der Waals surface area contributed by atoms with Gasteiger partial charge >= 0.3 is 0 Å². The summed E-state index contributed by atoms with van der Waals surface area (Å²) < 4.78 is 4.04. The second kappa shape index (κ2) is 10.2. The van der Waals surface area contributed by atoms with Crippen LogP contribution in [0, 0.1) is 5.92 Å². The monoisotopic (exact) mass is 549 g/mol. The number of amides is 1. The Morgan fingerprint density at radius 3 is 2.36 bits per heavy atom. The van der Waals surface area contributed by atoms with E-state index in [4.69, 9.17) is 62.7 Å². The van der Waals surface area contributed by atoms with Crippen LogP contribution in [0.15, 0.2) is 36.4 Å². The van der Waals surface area contributed by atoms with Gasteiger partial charge in [0, 0.05) is 34.7 Å². The number of alkyl halides is 2. The number of nitrogens with one attached hydrogen (secondary N) is 2. The molecule has 0 bridgehead atoms. The van der Waals surface area contributed by atoms with Gasteiger partial charge in [-0.1, -0.05) is 34.8 Å². The summed E-state index contributed by atoms with van der Waals surface area (Å²) >= 11 is 31.2. The summed E-state index contributed by atoms with van der Waals surface area (Å²) in [5.74, 6) is -1.53. The topological polar surface area (TPSA) is 70.7 Å². The zero-order valence-corrected chi connectivity index (χ0v) is 21.0. The number of hydrogen-bond donors (Lipinski definition) is 2. The first kappa shape index (κ1) is 24.9. The summed E-state index contributed by atoms with van der Waals surface area (Å²) in [5, 5.41) is 6.01. The van der Waals surface area contributed by atoms with Gasteiger partial charge in [-0.2, -0.15) is 0 Å². The molecule has 2 aliphatic rings. The predicted molar refractivity (Wildman–Crippen MR) is 132 cm³/mol. The van der Waals surface area contributed by atoms with E-state index in [0.717, 1.165) is 0 Å². The van der Waals surface area contributed by atoms with Crippen molar-refractivity contribution in [2.45, 2.75) is 10.3 Å². The molecule has 1 saturated heterocycles. The highest BCUT2D eigenvalue weighted by Crippen LogP contribution is 2.65. The molecule has 1 amide bonds. The Morgan fingerprint density at radius 1 is 1.03 bits per heavy atom. The van der Waals surface area contributed by atoms with Crippen LogP contribution in [0.2, 0.25) is 15.1 Å². The highest BCUT2D eigenvalue weighted by molar-refractivity contribution is 6.53. The molecule has 4 rings (SSSR count). The second-order valence-electron chi connectivity index (χ2n) is 7.89. The number of anilines is 1. The number of carbonyl (C=O) groups is 2. The van der Waals surface area contributed by atoms with Crippen molar-refractivity contribution in [3.63, 3.8) is 0 Å². The molecule has 1 heterocycles. The van der Waals surface area contributed by atoms with Crippen molar-refractivity contribution < 1.29 is 14.3 Å². The fourth-order valence-electron chi connectivity index (χ4n) is 3.88. The Labute approximate surface area is 216 Å². The molecule has 1 aliphatic carbocycles. The molecular formula is C22H20Cl5N3O3. The summed E-state index contributed by atoms with van der Waals surface area (Å²) in [6.45, 7) is 2.25. The number of nitrogens with zero attached hydrogens (tertiary/aromatic N) is 1. The minimum atomic E-state index is -1.24. The molecule has 2 aromatic rings. The molecule has 1 aliphatic heterocycles. The van der Waals surface area contributed by atoms with E-state index >= 15 is 0 Å². The lowest BCUT2D eigenvalue weighted by Crippen LogP contribution is -2.48. The van der Waals surface area contributed by atoms with Crippen molar-refractivity contribution in [3.8, 4) is 0 Å². The summed E-state index contributed by atoms with van der Waals surface area (Å²) in [6.07, 6.45) is 0. The van der Waals surface area contributed by atoms with Gasteiger partial charge in [0.2, 0.25) is 0 Å². The number of ketones is 1. The van der Waals surface area contributed by atoms with E-state index in [2.05, 4.69) is 10.7 Å². The molecule has 11 heteroatoms. The fraction of sp³-hybridized carbons (Fsp3) is 0.364. The Hall–Kier alpha value is -1.25. The smallest absolute Gasteiger partial charge is 0.267 e. The third kappa shape index (κ3) is 5.70. The molecule has 2 fully saturated rings. The fourth-order valence-corrected chi connectivity index (χ4v) is 5.50. The highest BCUT2D eigenvalue weighted by atomic mass is 35.5. The zero-order chi connectivity index (χ0) is 23.8. The molecule has 2 unspecified atom stereocenters. The van der Waals surface area contributed by atoms with Crippen molar-refractivity contribution in [2.24, 2.45) is 5.92 Å². The van der Waals surface area contributed by atoms with E-state index in [1.807, 2.05) is 0 Å². The van der Waals surface area contributed by atoms with Gasteiger partial charge in [-0.3, -0.25) is 15.0 Å². The minimum Gasteiger partial charge on any atom is -0.379 e. The number of benzene rings is 2. The van der Waals surface area contributed by atoms with E-state index < -0.39 is 16.2 Å². The Balaban J connectivity index is 1.40. The first-order valence-electron chi connectivity index (χ1n) is 10.2. The molecule has 2 aromatic carbocycles. The number of rotatable bonds is 7. The van der Waals surface area contributed by atoms with Crippen LogP contribution < -0.4 is 10.7 Å². The number of hydrogen-bond acceptors (Lipinski definition) is 5. The lowest BCUT2D eigenvalue weighted by atomic mass is 10.1. The highest BCUT2D eigenvalue weighted by Gasteiger charge is 2.67. The average molecular weight is 552 g/mol. The summed E-state index contributed by atoms with van der Waals surface area (Å²) in [7, 11) is 0. The van der Waals surface area contributed by atoms with Gasteiger partial charge < -0.3 is 10.1 Å². The van der Waals surface area contributed by atoms with E-state index in [0.29, 0.717) is 58.2 Å². The van der Waals surface area contributed by atoms with Gasteiger partial charge in [0.25, 0.3) is 5.91 Å².